The highest BCUT2D eigenvalue weighted by Gasteiger charge is 2.23. The number of nitrogens with two attached hydrogens (primary N) is 1. The van der Waals surface area contributed by atoms with E-state index in [1.54, 1.807) is 0 Å². The molecule has 0 aromatic carbocycles. The fourth-order valence-corrected chi connectivity index (χ4v) is 1.59. The van der Waals surface area contributed by atoms with Gasteiger partial charge in [0.1, 0.15) is 5.84 Å². The Morgan fingerprint density at radius 1 is 1.41 bits per heavy atom. The van der Waals surface area contributed by atoms with Gasteiger partial charge in [0.05, 0.1) is 6.61 Å². The number of nitrogens with zero attached hydrogens (tertiary/aromatic N) is 1. The molecular formula is C12H27N3O2. The van der Waals surface area contributed by atoms with E-state index < -0.39 is 0 Å². The summed E-state index contributed by atoms with van der Waals surface area (Å²) in [5, 5.41) is 24.1. The minimum atomic E-state index is -0.289. The van der Waals surface area contributed by atoms with Crippen LogP contribution < -0.4 is 11.1 Å². The number of rotatable bonds is 8. The molecule has 102 valence electrons. The summed E-state index contributed by atoms with van der Waals surface area (Å²) >= 11 is 0. The summed E-state index contributed by atoms with van der Waals surface area (Å²) in [5.74, 6) is 0.678. The maximum atomic E-state index is 9.15. The summed E-state index contributed by atoms with van der Waals surface area (Å²) in [7, 11) is 0. The van der Waals surface area contributed by atoms with Gasteiger partial charge in [-0.1, -0.05) is 32.9 Å². The van der Waals surface area contributed by atoms with Crippen molar-refractivity contribution in [1.82, 2.24) is 5.32 Å². The van der Waals surface area contributed by atoms with Crippen molar-refractivity contribution in [1.29, 1.82) is 0 Å². The molecule has 0 amide bonds. The first-order valence-electron chi connectivity index (χ1n) is 6.17. The van der Waals surface area contributed by atoms with E-state index in [-0.39, 0.29) is 23.9 Å². The molecule has 0 aliphatic rings. The van der Waals surface area contributed by atoms with Crippen LogP contribution in [0, 0.1) is 11.3 Å². The van der Waals surface area contributed by atoms with Crippen molar-refractivity contribution in [3.8, 4) is 0 Å². The molecule has 0 aliphatic heterocycles. The number of amidine groups is 1. The summed E-state index contributed by atoms with van der Waals surface area (Å²) < 4.78 is 0. The van der Waals surface area contributed by atoms with Gasteiger partial charge >= 0.3 is 0 Å². The van der Waals surface area contributed by atoms with E-state index >= 15 is 0 Å². The highest BCUT2D eigenvalue weighted by Crippen LogP contribution is 2.21. The summed E-state index contributed by atoms with van der Waals surface area (Å²) in [6.45, 7) is 9.04. The van der Waals surface area contributed by atoms with Crippen molar-refractivity contribution in [2.24, 2.45) is 22.2 Å². The van der Waals surface area contributed by atoms with Crippen LogP contribution >= 0.6 is 0 Å². The fourth-order valence-electron chi connectivity index (χ4n) is 1.59. The lowest BCUT2D eigenvalue weighted by atomic mass is 9.86. The van der Waals surface area contributed by atoms with Crippen molar-refractivity contribution < 1.29 is 10.3 Å². The monoisotopic (exact) mass is 245 g/mol. The number of aliphatic hydroxyl groups excluding tert-OH is 1. The van der Waals surface area contributed by atoms with Gasteiger partial charge in [-0.05, 0) is 25.3 Å². The molecule has 0 spiro atoms. The molecule has 0 unspecified atom stereocenters. The first-order chi connectivity index (χ1) is 7.85. The molecule has 5 N–H and O–H groups in total. The number of hydrogen-bond acceptors (Lipinski definition) is 4. The quantitative estimate of drug-likeness (QED) is 0.170. The maximum absolute atomic E-state index is 9.15. The van der Waals surface area contributed by atoms with Crippen molar-refractivity contribution in [3.63, 3.8) is 0 Å². The molecule has 1 atom stereocenters. The topological polar surface area (TPSA) is 90.9 Å². The third kappa shape index (κ3) is 5.89. The van der Waals surface area contributed by atoms with Crippen LogP contribution in [0.2, 0.25) is 0 Å². The van der Waals surface area contributed by atoms with Crippen LogP contribution in [0.15, 0.2) is 5.16 Å². The molecule has 0 aromatic heterocycles. The minimum Gasteiger partial charge on any atom is -0.409 e. The predicted molar refractivity (Wildman–Crippen MR) is 70.1 cm³/mol. The van der Waals surface area contributed by atoms with Gasteiger partial charge in [0.25, 0.3) is 0 Å². The smallest absolute Gasteiger partial charge is 0.144 e. The third-order valence-corrected chi connectivity index (χ3v) is 3.19. The van der Waals surface area contributed by atoms with Gasteiger partial charge in [-0.2, -0.15) is 0 Å². The Morgan fingerprint density at radius 3 is 2.41 bits per heavy atom. The molecule has 0 fully saturated rings. The largest absolute Gasteiger partial charge is 0.409 e. The molecule has 0 aliphatic carbocycles. The second-order valence-electron chi connectivity index (χ2n) is 5.46. The zero-order valence-electron chi connectivity index (χ0n) is 11.4. The molecular weight excluding hydrogens is 218 g/mol. The molecule has 0 aromatic rings. The zero-order chi connectivity index (χ0) is 13.5. The first-order valence-corrected chi connectivity index (χ1v) is 6.17. The molecule has 0 heterocycles. The van der Waals surface area contributed by atoms with E-state index in [2.05, 4.69) is 24.3 Å². The van der Waals surface area contributed by atoms with E-state index in [0.29, 0.717) is 5.92 Å². The molecule has 0 rings (SSSR count). The summed E-state index contributed by atoms with van der Waals surface area (Å²) in [4.78, 5) is 0. The van der Waals surface area contributed by atoms with Gasteiger partial charge in [0, 0.05) is 11.5 Å². The van der Waals surface area contributed by atoms with E-state index in [9.17, 15) is 0 Å². The normalized spacial score (nSPS) is 15.3. The van der Waals surface area contributed by atoms with E-state index in [1.165, 1.54) is 0 Å². The van der Waals surface area contributed by atoms with Crippen LogP contribution in [0.1, 0.15) is 40.5 Å². The van der Waals surface area contributed by atoms with Crippen molar-refractivity contribution in [2.75, 3.05) is 13.2 Å². The minimum absolute atomic E-state index is 0.141. The molecule has 0 saturated heterocycles. The van der Waals surface area contributed by atoms with Gasteiger partial charge in [-0.25, -0.2) is 0 Å². The Balaban J connectivity index is 3.92. The summed E-state index contributed by atoms with van der Waals surface area (Å²) in [6.07, 6.45) is 1.76. The van der Waals surface area contributed by atoms with E-state index in [0.717, 1.165) is 19.4 Å². The zero-order valence-corrected chi connectivity index (χ0v) is 11.4. The van der Waals surface area contributed by atoms with Crippen LogP contribution in [-0.4, -0.2) is 35.3 Å². The Hall–Kier alpha value is -0.810. The average Bonchev–Trinajstić information content (AvgIpc) is 2.27. The van der Waals surface area contributed by atoms with Crippen molar-refractivity contribution in [2.45, 2.75) is 46.6 Å². The SMILES string of the molecule is CC(C)[C@@H](CO)NCCCC(C)(C)C(N)=NO. The number of oxime groups is 1. The molecule has 0 saturated carbocycles. The van der Waals surface area contributed by atoms with Crippen LogP contribution in [0.5, 0.6) is 0 Å². The number of aliphatic hydroxyl groups is 1. The average molecular weight is 245 g/mol. The van der Waals surface area contributed by atoms with Gasteiger partial charge < -0.3 is 21.4 Å². The van der Waals surface area contributed by atoms with Crippen LogP contribution in [0.25, 0.3) is 0 Å². The van der Waals surface area contributed by atoms with Crippen LogP contribution in [0.4, 0.5) is 0 Å². The lowest BCUT2D eigenvalue weighted by Crippen LogP contribution is -2.38. The Labute approximate surface area is 104 Å². The number of nitrogens with one attached hydrogen (secondary N) is 1. The Morgan fingerprint density at radius 2 is 2.00 bits per heavy atom. The van der Waals surface area contributed by atoms with Gasteiger partial charge in [-0.15, -0.1) is 0 Å². The predicted octanol–water partition coefficient (Wildman–Crippen LogP) is 1.15. The lowest BCUT2D eigenvalue weighted by Gasteiger charge is -2.24. The van der Waals surface area contributed by atoms with Crippen molar-refractivity contribution in [3.05, 3.63) is 0 Å². The van der Waals surface area contributed by atoms with E-state index in [1.807, 2.05) is 13.8 Å². The maximum Gasteiger partial charge on any atom is 0.144 e. The van der Waals surface area contributed by atoms with Gasteiger partial charge in [0.2, 0.25) is 0 Å². The first kappa shape index (κ1) is 16.2. The standard InChI is InChI=1S/C12H27N3O2/c1-9(2)10(8-16)14-7-5-6-12(3,4)11(13)15-17/h9-10,14,16-17H,5-8H2,1-4H3,(H2,13,15)/t10-/m1/s1. The lowest BCUT2D eigenvalue weighted by molar-refractivity contribution is 0.209. The fraction of sp³-hybridized carbons (Fsp3) is 0.917. The van der Waals surface area contributed by atoms with E-state index in [4.69, 9.17) is 16.0 Å². The molecule has 0 bridgehead atoms. The summed E-state index contributed by atoms with van der Waals surface area (Å²) in [6, 6.07) is 0.141. The van der Waals surface area contributed by atoms with Crippen LogP contribution in [-0.2, 0) is 0 Å². The second-order valence-corrected chi connectivity index (χ2v) is 5.46. The van der Waals surface area contributed by atoms with Gasteiger partial charge in [0.15, 0.2) is 0 Å². The molecule has 17 heavy (non-hydrogen) atoms. The van der Waals surface area contributed by atoms with Gasteiger partial charge in [-0.3, -0.25) is 0 Å². The van der Waals surface area contributed by atoms with Crippen molar-refractivity contribution >= 4 is 5.84 Å². The molecule has 0 radical (unpaired) electrons. The Kier molecular flexibility index (Phi) is 7.15. The number of hydrogen-bond donors (Lipinski definition) is 4. The third-order valence-electron chi connectivity index (χ3n) is 3.19. The molecule has 5 heteroatoms. The highest BCUT2D eigenvalue weighted by molar-refractivity contribution is 5.85. The summed E-state index contributed by atoms with van der Waals surface area (Å²) in [5.41, 5.74) is 5.32. The molecule has 5 nitrogen and oxygen atoms in total. The second kappa shape index (κ2) is 7.50. The van der Waals surface area contributed by atoms with Crippen LogP contribution in [0.3, 0.4) is 0 Å². The Bertz CT molecular complexity index is 240. The highest BCUT2D eigenvalue weighted by atomic mass is 16.4.